The van der Waals surface area contributed by atoms with Crippen LogP contribution in [0.25, 0.3) is 0 Å². The highest BCUT2D eigenvalue weighted by Crippen LogP contribution is 2.16. The summed E-state index contributed by atoms with van der Waals surface area (Å²) in [7, 11) is 0. The van der Waals surface area contributed by atoms with Gasteiger partial charge in [0, 0.05) is 17.8 Å². The molecule has 0 aliphatic carbocycles. The number of rotatable bonds is 6. The minimum Gasteiger partial charge on any atom is -0.389 e. The Hall–Kier alpha value is -1.62. The van der Waals surface area contributed by atoms with Gasteiger partial charge >= 0.3 is 0 Å². The van der Waals surface area contributed by atoms with Crippen molar-refractivity contribution >= 4 is 28.8 Å². The van der Waals surface area contributed by atoms with Crippen LogP contribution in [0.4, 0.5) is 5.69 Å². The molecule has 1 aromatic rings. The average molecular weight is 265 g/mol. The second-order valence-corrected chi connectivity index (χ2v) is 4.56. The van der Waals surface area contributed by atoms with Gasteiger partial charge in [-0.15, -0.1) is 0 Å². The maximum absolute atomic E-state index is 11.5. The van der Waals surface area contributed by atoms with Crippen LogP contribution in [0, 0.1) is 6.92 Å². The number of hydrogen-bond acceptors (Lipinski definition) is 3. The van der Waals surface area contributed by atoms with Gasteiger partial charge in [-0.3, -0.25) is 4.79 Å². The van der Waals surface area contributed by atoms with Crippen molar-refractivity contribution in [3.8, 4) is 0 Å². The summed E-state index contributed by atoms with van der Waals surface area (Å²) in [5.41, 5.74) is 8.31. The molecule has 0 fully saturated rings. The first-order valence-electron chi connectivity index (χ1n) is 5.95. The van der Waals surface area contributed by atoms with E-state index < -0.39 is 0 Å². The van der Waals surface area contributed by atoms with Gasteiger partial charge in [-0.05, 0) is 25.5 Å². The number of carbonyl (C=O) groups is 1. The van der Waals surface area contributed by atoms with E-state index in [0.717, 1.165) is 23.2 Å². The van der Waals surface area contributed by atoms with Gasteiger partial charge in [-0.25, -0.2) is 0 Å². The smallest absolute Gasteiger partial charge is 0.239 e. The molecule has 4 N–H and O–H groups in total. The molecular weight excluding hydrogens is 246 g/mol. The van der Waals surface area contributed by atoms with Gasteiger partial charge in [0.15, 0.2) is 0 Å². The maximum Gasteiger partial charge on any atom is 0.239 e. The Labute approximate surface area is 113 Å². The molecule has 1 rings (SSSR count). The van der Waals surface area contributed by atoms with Crippen molar-refractivity contribution in [2.75, 3.05) is 18.4 Å². The monoisotopic (exact) mass is 265 g/mol. The lowest BCUT2D eigenvalue weighted by Crippen LogP contribution is -2.30. The predicted octanol–water partition coefficient (Wildman–Crippen LogP) is 1.57. The second-order valence-electron chi connectivity index (χ2n) is 4.12. The molecule has 0 atom stereocenters. The Morgan fingerprint density at radius 3 is 2.78 bits per heavy atom. The largest absolute Gasteiger partial charge is 0.389 e. The van der Waals surface area contributed by atoms with Crippen LogP contribution in [0.1, 0.15) is 24.5 Å². The van der Waals surface area contributed by atoms with Crippen molar-refractivity contribution < 1.29 is 4.79 Å². The molecule has 1 amide bonds. The first-order chi connectivity index (χ1) is 8.54. The van der Waals surface area contributed by atoms with E-state index in [2.05, 4.69) is 10.6 Å². The molecule has 4 nitrogen and oxygen atoms in total. The van der Waals surface area contributed by atoms with Crippen molar-refractivity contribution in [1.29, 1.82) is 0 Å². The Morgan fingerprint density at radius 2 is 2.17 bits per heavy atom. The molecule has 0 saturated heterocycles. The first-order valence-corrected chi connectivity index (χ1v) is 6.36. The van der Waals surface area contributed by atoms with Gasteiger partial charge in [0.25, 0.3) is 0 Å². The molecule has 0 aliphatic heterocycles. The summed E-state index contributed by atoms with van der Waals surface area (Å²) in [6.45, 7) is 4.90. The van der Waals surface area contributed by atoms with Crippen LogP contribution in [-0.4, -0.2) is 24.0 Å². The van der Waals surface area contributed by atoms with Crippen molar-refractivity contribution in [1.82, 2.24) is 5.32 Å². The fourth-order valence-corrected chi connectivity index (χ4v) is 1.69. The minimum absolute atomic E-state index is 0.0358. The molecule has 98 valence electrons. The molecule has 0 heterocycles. The number of carbonyl (C=O) groups excluding carboxylic acids is 1. The van der Waals surface area contributed by atoms with Crippen LogP contribution in [-0.2, 0) is 4.79 Å². The number of benzene rings is 1. The van der Waals surface area contributed by atoms with Crippen LogP contribution in [0.15, 0.2) is 18.2 Å². The van der Waals surface area contributed by atoms with E-state index in [-0.39, 0.29) is 12.5 Å². The van der Waals surface area contributed by atoms with Crippen LogP contribution in [0.2, 0.25) is 0 Å². The van der Waals surface area contributed by atoms with Crippen LogP contribution in [0.5, 0.6) is 0 Å². The summed E-state index contributed by atoms with van der Waals surface area (Å²) < 4.78 is 0. The normalized spacial score (nSPS) is 9.89. The number of thiocarbonyl (C=S) groups is 1. The highest BCUT2D eigenvalue weighted by molar-refractivity contribution is 7.80. The Kier molecular flexibility index (Phi) is 5.58. The Balaban J connectivity index is 2.67. The summed E-state index contributed by atoms with van der Waals surface area (Å²) in [6, 6.07) is 5.75. The van der Waals surface area contributed by atoms with Crippen molar-refractivity contribution in [2.24, 2.45) is 5.73 Å². The molecule has 5 heteroatoms. The van der Waals surface area contributed by atoms with E-state index in [9.17, 15) is 4.79 Å². The van der Waals surface area contributed by atoms with Gasteiger partial charge in [0.1, 0.15) is 4.99 Å². The van der Waals surface area contributed by atoms with Gasteiger partial charge in [0.05, 0.1) is 6.54 Å². The van der Waals surface area contributed by atoms with Crippen LogP contribution >= 0.6 is 12.2 Å². The zero-order valence-corrected chi connectivity index (χ0v) is 11.6. The summed E-state index contributed by atoms with van der Waals surface area (Å²) in [5.74, 6) is -0.0358. The van der Waals surface area contributed by atoms with E-state index in [1.54, 1.807) is 0 Å². The second kappa shape index (κ2) is 6.96. The molecule has 0 aromatic heterocycles. The molecule has 0 spiro atoms. The predicted molar refractivity (Wildman–Crippen MR) is 78.9 cm³/mol. The first kappa shape index (κ1) is 14.4. The third kappa shape index (κ3) is 4.33. The molecule has 0 unspecified atom stereocenters. The zero-order chi connectivity index (χ0) is 13.5. The SMILES string of the molecule is CCCNC(=O)CNc1ccc(C)cc1C(N)=S. The van der Waals surface area contributed by atoms with Crippen molar-refractivity contribution in [3.05, 3.63) is 29.3 Å². The Morgan fingerprint density at radius 1 is 1.44 bits per heavy atom. The number of anilines is 1. The van der Waals surface area contributed by atoms with E-state index in [1.807, 2.05) is 32.0 Å². The lowest BCUT2D eigenvalue weighted by Gasteiger charge is -2.12. The number of amides is 1. The molecular formula is C13H19N3OS. The minimum atomic E-state index is -0.0358. The summed E-state index contributed by atoms with van der Waals surface area (Å²) in [5, 5.41) is 5.85. The highest BCUT2D eigenvalue weighted by Gasteiger charge is 2.07. The van der Waals surface area contributed by atoms with Gasteiger partial charge in [0.2, 0.25) is 5.91 Å². The lowest BCUT2D eigenvalue weighted by molar-refractivity contribution is -0.119. The topological polar surface area (TPSA) is 67.2 Å². The van der Waals surface area contributed by atoms with E-state index in [1.165, 1.54) is 0 Å². The van der Waals surface area contributed by atoms with Gasteiger partial charge in [-0.2, -0.15) is 0 Å². The van der Waals surface area contributed by atoms with E-state index >= 15 is 0 Å². The molecule has 0 aliphatic rings. The summed E-state index contributed by atoms with van der Waals surface area (Å²) in [4.78, 5) is 11.8. The fraction of sp³-hybridized carbons (Fsp3) is 0.385. The van der Waals surface area contributed by atoms with Crippen LogP contribution < -0.4 is 16.4 Å². The lowest BCUT2D eigenvalue weighted by atomic mass is 10.1. The standard InChI is InChI=1S/C13H19N3OS/c1-3-6-15-12(17)8-16-11-5-4-9(2)7-10(11)13(14)18/h4-5,7,16H,3,6,8H2,1-2H3,(H2,14,18)(H,15,17). The molecule has 0 radical (unpaired) electrons. The molecule has 1 aromatic carbocycles. The number of nitrogens with one attached hydrogen (secondary N) is 2. The number of hydrogen-bond donors (Lipinski definition) is 3. The quantitative estimate of drug-likeness (QED) is 0.683. The Bertz CT molecular complexity index is 446. The molecule has 0 saturated carbocycles. The third-order valence-electron chi connectivity index (χ3n) is 2.45. The van der Waals surface area contributed by atoms with Gasteiger partial charge < -0.3 is 16.4 Å². The highest BCUT2D eigenvalue weighted by atomic mass is 32.1. The number of aryl methyl sites for hydroxylation is 1. The third-order valence-corrected chi connectivity index (χ3v) is 2.67. The van der Waals surface area contributed by atoms with Crippen LogP contribution in [0.3, 0.4) is 0 Å². The van der Waals surface area contributed by atoms with Crippen molar-refractivity contribution in [3.63, 3.8) is 0 Å². The molecule has 0 bridgehead atoms. The van der Waals surface area contributed by atoms with E-state index in [0.29, 0.717) is 11.5 Å². The van der Waals surface area contributed by atoms with Gasteiger partial charge in [-0.1, -0.05) is 30.8 Å². The zero-order valence-electron chi connectivity index (χ0n) is 10.7. The average Bonchev–Trinajstić information content (AvgIpc) is 2.34. The maximum atomic E-state index is 11.5. The number of nitrogens with two attached hydrogens (primary N) is 1. The summed E-state index contributed by atoms with van der Waals surface area (Å²) in [6.07, 6.45) is 0.925. The molecule has 18 heavy (non-hydrogen) atoms. The van der Waals surface area contributed by atoms with Crippen molar-refractivity contribution in [2.45, 2.75) is 20.3 Å². The van der Waals surface area contributed by atoms with E-state index in [4.69, 9.17) is 18.0 Å². The fourth-order valence-electron chi connectivity index (χ4n) is 1.52. The summed E-state index contributed by atoms with van der Waals surface area (Å²) >= 11 is 5.00.